The summed E-state index contributed by atoms with van der Waals surface area (Å²) < 4.78 is 14.5. The average molecular weight is 1200 g/mol. The number of hydrogen-bond donors (Lipinski definition) is 0. The van der Waals surface area contributed by atoms with E-state index in [1.807, 2.05) is 0 Å². The molecular weight excluding hydrogens is 1140 g/mol. The van der Waals surface area contributed by atoms with Gasteiger partial charge in [-0.3, -0.25) is 0 Å². The van der Waals surface area contributed by atoms with E-state index in [-0.39, 0.29) is 0 Å². The summed E-state index contributed by atoms with van der Waals surface area (Å²) in [5, 5.41) is 17.5. The second kappa shape index (κ2) is 20.4. The molecule has 6 aromatic heterocycles. The fourth-order valence-corrected chi connectivity index (χ4v) is 15.8. The summed E-state index contributed by atoms with van der Waals surface area (Å²) in [4.78, 5) is 0. The lowest BCUT2D eigenvalue weighted by molar-refractivity contribution is 1.16. The minimum absolute atomic E-state index is 1.16. The van der Waals surface area contributed by atoms with Crippen LogP contribution in [0.1, 0.15) is 0 Å². The monoisotopic (exact) mass is 1200 g/mol. The van der Waals surface area contributed by atoms with Crippen molar-refractivity contribution >= 4 is 142 Å². The fraction of sp³-hybridized carbons (Fsp3) is 0. The van der Waals surface area contributed by atoms with Gasteiger partial charge in [-0.2, -0.15) is 0 Å². The van der Waals surface area contributed by atoms with Crippen LogP contribution in [0.5, 0.6) is 0 Å². The molecule has 6 nitrogen and oxygen atoms in total. The number of benzene rings is 15. The van der Waals surface area contributed by atoms with Crippen molar-refractivity contribution in [1.82, 2.24) is 27.4 Å². The molecule has 6 heterocycles. The SMILES string of the molecule is c1ccc(-n2c3ccccc3c3cc(-n4c5ccccc5c5cc6c(cc54)c4ccccc4n6-c4ccccc4)ccc32)cc1.c1ccc(-n2c3ccccc3c3cc4c(cc32)c2ccccc2n4-c2ccc3c(c2)c2ccccc2n3-c2ccc3ccccc3c2)cc1. The van der Waals surface area contributed by atoms with Crippen molar-refractivity contribution < 1.29 is 0 Å². The van der Waals surface area contributed by atoms with Gasteiger partial charge in [-0.15, -0.1) is 0 Å². The Kier molecular flexibility index (Phi) is 11.3. The van der Waals surface area contributed by atoms with Gasteiger partial charge in [0.2, 0.25) is 0 Å². The summed E-state index contributed by atoms with van der Waals surface area (Å²) in [7, 11) is 0. The third-order valence-electron chi connectivity index (χ3n) is 19.8. The van der Waals surface area contributed by atoms with Crippen LogP contribution in [0, 0.1) is 0 Å². The minimum Gasteiger partial charge on any atom is -0.309 e. The number of para-hydroxylation sites is 9. The minimum atomic E-state index is 1.16. The predicted molar refractivity (Wildman–Crippen MR) is 396 cm³/mol. The molecule has 0 saturated carbocycles. The zero-order valence-corrected chi connectivity index (χ0v) is 51.0. The molecule has 0 aliphatic heterocycles. The van der Waals surface area contributed by atoms with E-state index in [1.165, 1.54) is 164 Å². The van der Waals surface area contributed by atoms with Crippen molar-refractivity contribution in [3.05, 3.63) is 340 Å². The van der Waals surface area contributed by atoms with Crippen LogP contribution >= 0.6 is 0 Å². The van der Waals surface area contributed by atoms with Crippen LogP contribution in [0.25, 0.3) is 176 Å². The van der Waals surface area contributed by atoms with E-state index in [0.717, 1.165) is 11.4 Å². The van der Waals surface area contributed by atoms with Gasteiger partial charge in [-0.05, 0) is 156 Å². The first-order chi connectivity index (χ1) is 46.7. The Morgan fingerprint density at radius 1 is 0.117 bits per heavy atom. The molecular formula is C88H56N6. The maximum absolute atomic E-state index is 2.46. The molecule has 0 unspecified atom stereocenters. The van der Waals surface area contributed by atoms with Crippen LogP contribution < -0.4 is 0 Å². The molecule has 0 aliphatic rings. The second-order valence-corrected chi connectivity index (χ2v) is 24.8. The van der Waals surface area contributed by atoms with Gasteiger partial charge in [-0.25, -0.2) is 0 Å². The highest BCUT2D eigenvalue weighted by Gasteiger charge is 2.23. The van der Waals surface area contributed by atoms with Crippen LogP contribution in [0.4, 0.5) is 0 Å². The van der Waals surface area contributed by atoms with Gasteiger partial charge < -0.3 is 27.4 Å². The lowest BCUT2D eigenvalue weighted by atomic mass is 10.1. The predicted octanol–water partition coefficient (Wildman–Crippen LogP) is 23.1. The Labute approximate surface area is 539 Å². The molecule has 94 heavy (non-hydrogen) atoms. The first-order valence-electron chi connectivity index (χ1n) is 32.3. The molecule has 0 amide bonds. The highest BCUT2D eigenvalue weighted by molar-refractivity contribution is 6.21. The second-order valence-electron chi connectivity index (χ2n) is 24.8. The van der Waals surface area contributed by atoms with Crippen molar-refractivity contribution in [3.8, 4) is 34.1 Å². The third kappa shape index (κ3) is 7.71. The van der Waals surface area contributed by atoms with Gasteiger partial charge >= 0.3 is 0 Å². The number of hydrogen-bond acceptors (Lipinski definition) is 0. The van der Waals surface area contributed by atoms with E-state index in [9.17, 15) is 0 Å². The van der Waals surface area contributed by atoms with E-state index in [2.05, 4.69) is 367 Å². The summed E-state index contributed by atoms with van der Waals surface area (Å²) in [5.74, 6) is 0. The molecule has 0 radical (unpaired) electrons. The first kappa shape index (κ1) is 52.2. The average Bonchev–Trinajstić information content (AvgIpc) is 1.56. The number of aromatic nitrogens is 6. The maximum Gasteiger partial charge on any atom is 0.0548 e. The molecule has 6 heteroatoms. The van der Waals surface area contributed by atoms with Crippen LogP contribution in [-0.4, -0.2) is 27.4 Å². The van der Waals surface area contributed by atoms with Gasteiger partial charge in [0.1, 0.15) is 0 Å². The molecule has 0 N–H and O–H groups in total. The molecule has 0 fully saturated rings. The number of rotatable bonds is 6. The van der Waals surface area contributed by atoms with Gasteiger partial charge in [0, 0.05) is 98.8 Å². The van der Waals surface area contributed by atoms with E-state index >= 15 is 0 Å². The molecule has 0 bridgehead atoms. The standard InChI is InChI=1S/C46H29N3.C42H27N3/c1-2-14-32(15-3-1)47-41-19-9-7-17-36(41)39-29-46-40(28-45(39)47)37-18-8-11-21-43(37)49(46)34-24-25-44-38(27-34)35-16-6-10-20-42(35)48(44)33-23-22-30-12-4-5-13-31(30)26-33;1-3-13-28(14-4-1)43-37-20-10-7-17-31(37)34-25-30(23-24-40(34)43)45-39-22-12-9-19-33(39)36-26-41-35(27-42(36)45)32-18-8-11-21-38(32)44(41)29-15-5-2-6-16-29/h1-29H;1-27H. The van der Waals surface area contributed by atoms with Gasteiger partial charge in [-0.1, -0.05) is 194 Å². The van der Waals surface area contributed by atoms with Crippen LogP contribution in [0.2, 0.25) is 0 Å². The Hall–Kier alpha value is -12.6. The van der Waals surface area contributed by atoms with Gasteiger partial charge in [0.25, 0.3) is 0 Å². The molecule has 0 aliphatic carbocycles. The van der Waals surface area contributed by atoms with Gasteiger partial charge in [0.05, 0.1) is 66.2 Å². The van der Waals surface area contributed by atoms with Crippen molar-refractivity contribution in [3.63, 3.8) is 0 Å². The zero-order chi connectivity index (χ0) is 61.5. The molecule has 21 aromatic rings. The Morgan fingerprint density at radius 3 is 0.681 bits per heavy atom. The normalized spacial score (nSPS) is 12.0. The van der Waals surface area contributed by atoms with Crippen LogP contribution in [0.15, 0.2) is 340 Å². The van der Waals surface area contributed by atoms with E-state index in [1.54, 1.807) is 0 Å². The number of nitrogens with zero attached hydrogens (tertiary/aromatic N) is 6. The molecule has 0 spiro atoms. The highest BCUT2D eigenvalue weighted by atomic mass is 15.0. The topological polar surface area (TPSA) is 29.6 Å². The fourth-order valence-electron chi connectivity index (χ4n) is 15.8. The van der Waals surface area contributed by atoms with Crippen LogP contribution in [-0.2, 0) is 0 Å². The maximum atomic E-state index is 2.46. The largest absolute Gasteiger partial charge is 0.309 e. The molecule has 21 rings (SSSR count). The van der Waals surface area contributed by atoms with E-state index < -0.39 is 0 Å². The van der Waals surface area contributed by atoms with E-state index in [0.29, 0.717) is 0 Å². The quantitative estimate of drug-likeness (QED) is 0.159. The zero-order valence-electron chi connectivity index (χ0n) is 51.0. The summed E-state index contributed by atoms with van der Waals surface area (Å²) in [6.45, 7) is 0. The summed E-state index contributed by atoms with van der Waals surface area (Å²) in [6.07, 6.45) is 0. The molecule has 438 valence electrons. The Morgan fingerprint density at radius 2 is 0.340 bits per heavy atom. The van der Waals surface area contributed by atoms with Crippen LogP contribution in [0.3, 0.4) is 0 Å². The Balaban J connectivity index is 0.000000130. The number of fused-ring (bicyclic) bond motifs is 19. The summed E-state index contributed by atoms with van der Waals surface area (Å²) >= 11 is 0. The smallest absolute Gasteiger partial charge is 0.0548 e. The summed E-state index contributed by atoms with van der Waals surface area (Å²) in [5.41, 5.74) is 21.6. The Bertz CT molecular complexity index is 6650. The first-order valence-corrected chi connectivity index (χ1v) is 32.3. The highest BCUT2D eigenvalue weighted by Crippen LogP contribution is 2.44. The molecule has 0 saturated heterocycles. The molecule has 15 aromatic carbocycles. The van der Waals surface area contributed by atoms with Crippen molar-refractivity contribution in [1.29, 1.82) is 0 Å². The summed E-state index contributed by atoms with van der Waals surface area (Å²) in [6, 6.07) is 124. The molecule has 0 atom stereocenters. The van der Waals surface area contributed by atoms with E-state index in [4.69, 9.17) is 0 Å². The van der Waals surface area contributed by atoms with Gasteiger partial charge in [0.15, 0.2) is 0 Å². The van der Waals surface area contributed by atoms with Crippen molar-refractivity contribution in [2.45, 2.75) is 0 Å². The van der Waals surface area contributed by atoms with Crippen molar-refractivity contribution in [2.75, 3.05) is 0 Å². The lowest BCUT2D eigenvalue weighted by Crippen LogP contribution is -1.96. The third-order valence-corrected chi connectivity index (χ3v) is 19.8. The lowest BCUT2D eigenvalue weighted by Gasteiger charge is -2.11. The van der Waals surface area contributed by atoms with Crippen molar-refractivity contribution in [2.24, 2.45) is 0 Å².